The zero-order valence-corrected chi connectivity index (χ0v) is 4.96. The Kier molecular flexibility index (Phi) is 2.53. The molecular weight excluding hydrogens is 110 g/mol. The highest BCUT2D eigenvalue weighted by Crippen LogP contribution is 1.86. The van der Waals surface area contributed by atoms with Gasteiger partial charge in [-0.3, -0.25) is 0 Å². The van der Waals surface area contributed by atoms with E-state index < -0.39 is 0 Å². The van der Waals surface area contributed by atoms with E-state index in [1.165, 1.54) is 5.69 Å². The Morgan fingerprint density at radius 3 is 2.43 bits per heavy atom. The number of H-pyrrole nitrogens is 1. The third-order valence-corrected chi connectivity index (χ3v) is 0.753. The monoisotopic (exact) mass is 117 g/mol. The fraction of sp³-hybridized carbons (Fsp3) is 0.200. The molecule has 0 saturated heterocycles. The van der Waals surface area contributed by atoms with Crippen LogP contribution in [0.15, 0.2) is 18.3 Å². The van der Waals surface area contributed by atoms with E-state index in [2.05, 4.69) is 4.98 Å². The second-order valence-corrected chi connectivity index (χ2v) is 1.35. The first-order chi connectivity index (χ1) is 2.89. The molecule has 1 heterocycles. The van der Waals surface area contributed by atoms with Gasteiger partial charge in [0.05, 0.1) is 0 Å². The van der Waals surface area contributed by atoms with Gasteiger partial charge in [0.1, 0.15) is 0 Å². The Morgan fingerprint density at radius 2 is 2.29 bits per heavy atom. The average molecular weight is 118 g/mol. The topological polar surface area (TPSA) is 15.8 Å². The minimum absolute atomic E-state index is 0. The van der Waals surface area contributed by atoms with E-state index in [1.807, 2.05) is 25.3 Å². The van der Waals surface area contributed by atoms with Crippen molar-refractivity contribution in [1.29, 1.82) is 0 Å². The van der Waals surface area contributed by atoms with E-state index in [1.54, 1.807) is 0 Å². The molecule has 2 heteroatoms. The summed E-state index contributed by atoms with van der Waals surface area (Å²) in [6, 6.07) is 4.01. The van der Waals surface area contributed by atoms with Gasteiger partial charge < -0.3 is 4.98 Å². The van der Waals surface area contributed by atoms with Gasteiger partial charge in [-0.05, 0) is 19.1 Å². The maximum atomic E-state index is 3.00. The van der Waals surface area contributed by atoms with E-state index in [0.717, 1.165) is 0 Å². The maximum absolute atomic E-state index is 3.00. The highest BCUT2D eigenvalue weighted by Gasteiger charge is 1.72. The molecule has 1 rings (SSSR count). The van der Waals surface area contributed by atoms with Crippen LogP contribution in [0.5, 0.6) is 0 Å². The zero-order valence-electron chi connectivity index (χ0n) is 4.14. The van der Waals surface area contributed by atoms with Gasteiger partial charge in [-0.25, -0.2) is 0 Å². The molecule has 7 heavy (non-hydrogen) atoms. The lowest BCUT2D eigenvalue weighted by atomic mass is 10.5. The summed E-state index contributed by atoms with van der Waals surface area (Å²) in [7, 11) is 0. The number of halogens is 1. The Bertz CT molecular complexity index is 112. The molecule has 40 valence electrons. The molecule has 1 aromatic heterocycles. The van der Waals surface area contributed by atoms with E-state index in [0.29, 0.717) is 0 Å². The van der Waals surface area contributed by atoms with Crippen molar-refractivity contribution < 1.29 is 0 Å². The molecule has 0 aliphatic carbocycles. The molecule has 0 radical (unpaired) electrons. The van der Waals surface area contributed by atoms with Gasteiger partial charge in [-0.2, -0.15) is 0 Å². The number of aromatic nitrogens is 1. The summed E-state index contributed by atoms with van der Waals surface area (Å²) in [5, 5.41) is 0. The van der Waals surface area contributed by atoms with Crippen LogP contribution >= 0.6 is 12.4 Å². The van der Waals surface area contributed by atoms with Gasteiger partial charge >= 0.3 is 0 Å². The number of aryl methyl sites for hydroxylation is 1. The molecule has 0 aliphatic rings. The number of hydrogen-bond donors (Lipinski definition) is 1. The van der Waals surface area contributed by atoms with Crippen LogP contribution in [-0.2, 0) is 0 Å². The van der Waals surface area contributed by atoms with Crippen molar-refractivity contribution in [3.8, 4) is 0 Å². The molecule has 1 aromatic rings. The summed E-state index contributed by atoms with van der Waals surface area (Å²) in [6.45, 7) is 2.03. The maximum Gasteiger partial charge on any atom is 0.0115 e. The van der Waals surface area contributed by atoms with Crippen LogP contribution in [0.4, 0.5) is 0 Å². The van der Waals surface area contributed by atoms with Gasteiger partial charge in [0.25, 0.3) is 0 Å². The number of nitrogens with one attached hydrogen (secondary N) is 1. The Labute approximate surface area is 49.2 Å². The molecule has 0 bridgehead atoms. The molecule has 0 amide bonds. The molecule has 0 fully saturated rings. The first-order valence-corrected chi connectivity index (χ1v) is 1.99. The molecular formula is C5H8ClN. The van der Waals surface area contributed by atoms with Gasteiger partial charge in [0.15, 0.2) is 0 Å². The SMILES string of the molecule is Cc1ccc[nH]1.Cl. The molecule has 0 aromatic carbocycles. The lowest BCUT2D eigenvalue weighted by Gasteiger charge is -1.70. The lowest BCUT2D eigenvalue weighted by molar-refractivity contribution is 1.27. The summed E-state index contributed by atoms with van der Waals surface area (Å²) >= 11 is 0. The molecule has 1 N–H and O–H groups in total. The van der Waals surface area contributed by atoms with Crippen molar-refractivity contribution in [2.24, 2.45) is 0 Å². The highest BCUT2D eigenvalue weighted by atomic mass is 35.5. The Morgan fingerprint density at radius 1 is 1.57 bits per heavy atom. The van der Waals surface area contributed by atoms with Crippen molar-refractivity contribution >= 4 is 12.4 Å². The molecule has 1 nitrogen and oxygen atoms in total. The summed E-state index contributed by atoms with van der Waals surface area (Å²) in [4.78, 5) is 3.00. The predicted octanol–water partition coefficient (Wildman–Crippen LogP) is 1.74. The van der Waals surface area contributed by atoms with Crippen molar-refractivity contribution in [2.45, 2.75) is 6.92 Å². The molecule has 0 spiro atoms. The van der Waals surface area contributed by atoms with Gasteiger partial charge in [-0.1, -0.05) is 0 Å². The van der Waals surface area contributed by atoms with Crippen LogP contribution in [0.25, 0.3) is 0 Å². The number of rotatable bonds is 0. The van der Waals surface area contributed by atoms with Gasteiger partial charge in [0, 0.05) is 11.9 Å². The molecule has 0 atom stereocenters. The quantitative estimate of drug-likeness (QED) is 0.533. The van der Waals surface area contributed by atoms with Crippen LogP contribution < -0.4 is 0 Å². The summed E-state index contributed by atoms with van der Waals surface area (Å²) in [6.07, 6.45) is 1.91. The summed E-state index contributed by atoms with van der Waals surface area (Å²) < 4.78 is 0. The second-order valence-electron chi connectivity index (χ2n) is 1.35. The molecule has 0 saturated carbocycles. The number of hydrogen-bond acceptors (Lipinski definition) is 0. The largest absolute Gasteiger partial charge is 0.365 e. The minimum atomic E-state index is 0. The normalized spacial score (nSPS) is 7.57. The minimum Gasteiger partial charge on any atom is -0.365 e. The van der Waals surface area contributed by atoms with E-state index >= 15 is 0 Å². The Hall–Kier alpha value is -0.430. The fourth-order valence-corrected chi connectivity index (χ4v) is 0.420. The third kappa shape index (κ3) is 1.64. The van der Waals surface area contributed by atoms with Crippen LogP contribution in [0.3, 0.4) is 0 Å². The summed E-state index contributed by atoms with van der Waals surface area (Å²) in [5.74, 6) is 0. The Balaban J connectivity index is 0.000000360. The molecule has 0 unspecified atom stereocenters. The van der Waals surface area contributed by atoms with Gasteiger partial charge in [-0.15, -0.1) is 12.4 Å². The highest BCUT2D eigenvalue weighted by molar-refractivity contribution is 5.85. The van der Waals surface area contributed by atoms with E-state index in [-0.39, 0.29) is 12.4 Å². The average Bonchev–Trinajstić information content (AvgIpc) is 1.86. The zero-order chi connectivity index (χ0) is 4.41. The molecule has 0 aliphatic heterocycles. The smallest absolute Gasteiger partial charge is 0.0115 e. The van der Waals surface area contributed by atoms with Crippen molar-refractivity contribution in [2.75, 3.05) is 0 Å². The number of aromatic amines is 1. The van der Waals surface area contributed by atoms with Crippen LogP contribution in [0.1, 0.15) is 5.69 Å². The van der Waals surface area contributed by atoms with Crippen molar-refractivity contribution in [3.05, 3.63) is 24.0 Å². The fourth-order valence-electron chi connectivity index (χ4n) is 0.420. The first-order valence-electron chi connectivity index (χ1n) is 1.99. The van der Waals surface area contributed by atoms with Crippen molar-refractivity contribution in [3.63, 3.8) is 0 Å². The van der Waals surface area contributed by atoms with Crippen LogP contribution in [0, 0.1) is 6.92 Å². The summed E-state index contributed by atoms with van der Waals surface area (Å²) in [5.41, 5.74) is 1.22. The van der Waals surface area contributed by atoms with Crippen LogP contribution in [-0.4, -0.2) is 4.98 Å². The lowest BCUT2D eigenvalue weighted by Crippen LogP contribution is -1.59. The van der Waals surface area contributed by atoms with Gasteiger partial charge in [0.2, 0.25) is 0 Å². The van der Waals surface area contributed by atoms with Crippen molar-refractivity contribution in [1.82, 2.24) is 4.98 Å². The van der Waals surface area contributed by atoms with E-state index in [9.17, 15) is 0 Å². The van der Waals surface area contributed by atoms with E-state index in [4.69, 9.17) is 0 Å². The van der Waals surface area contributed by atoms with Crippen LogP contribution in [0.2, 0.25) is 0 Å². The second kappa shape index (κ2) is 2.69. The predicted molar refractivity (Wildman–Crippen MR) is 32.8 cm³/mol. The first kappa shape index (κ1) is 6.57. The standard InChI is InChI=1S/C5H7N.ClH/c1-5-3-2-4-6-5;/h2-4,6H,1H3;1H. The third-order valence-electron chi connectivity index (χ3n) is 0.753.